The summed E-state index contributed by atoms with van der Waals surface area (Å²) in [7, 11) is 0. The Balaban J connectivity index is 1.54. The van der Waals surface area contributed by atoms with Gasteiger partial charge in [-0.2, -0.15) is 0 Å². The number of thiophene rings is 1. The zero-order valence-corrected chi connectivity index (χ0v) is 20.3. The largest absolute Gasteiger partial charge is 0.348 e. The zero-order chi connectivity index (χ0) is 23.9. The quantitative estimate of drug-likeness (QED) is 0.559. The fraction of sp³-hybridized carbons (Fsp3) is 0.458. The first-order valence-corrected chi connectivity index (χ1v) is 11.8. The van der Waals surface area contributed by atoms with Crippen LogP contribution in [0.1, 0.15) is 61.1 Å². The number of aromatic nitrogens is 3. The van der Waals surface area contributed by atoms with Crippen LogP contribution in [0.15, 0.2) is 24.5 Å². The SMILES string of the molecule is Cc1cc2nc(N[C@@H](C)c3cncc(F)c3)nc(C(=O)N3CC(CC(=O)C(C)(C)C)C3)c2s1. The van der Waals surface area contributed by atoms with Crippen LogP contribution >= 0.6 is 11.3 Å². The molecule has 1 N–H and O–H groups in total. The van der Waals surface area contributed by atoms with Crippen LogP contribution in [-0.2, 0) is 4.79 Å². The van der Waals surface area contributed by atoms with Crippen LogP contribution in [0.5, 0.6) is 0 Å². The average Bonchev–Trinajstić information content (AvgIpc) is 3.08. The molecule has 174 valence electrons. The van der Waals surface area contributed by atoms with Gasteiger partial charge in [0.1, 0.15) is 11.6 Å². The van der Waals surface area contributed by atoms with Crippen molar-refractivity contribution in [1.82, 2.24) is 19.9 Å². The van der Waals surface area contributed by atoms with Gasteiger partial charge in [-0.1, -0.05) is 20.8 Å². The molecule has 9 heteroatoms. The number of nitrogens with one attached hydrogen (secondary N) is 1. The molecule has 0 aromatic carbocycles. The lowest BCUT2D eigenvalue weighted by Gasteiger charge is -2.39. The molecule has 0 bridgehead atoms. The second kappa shape index (κ2) is 8.78. The van der Waals surface area contributed by atoms with E-state index >= 15 is 0 Å². The number of carbonyl (C=O) groups is 2. The number of anilines is 1. The van der Waals surface area contributed by atoms with E-state index in [9.17, 15) is 14.0 Å². The number of hydrogen-bond acceptors (Lipinski definition) is 7. The lowest BCUT2D eigenvalue weighted by molar-refractivity contribution is -0.128. The summed E-state index contributed by atoms with van der Waals surface area (Å²) in [6.07, 6.45) is 3.22. The molecule has 0 radical (unpaired) electrons. The molecule has 4 rings (SSSR count). The number of hydrogen-bond donors (Lipinski definition) is 1. The summed E-state index contributed by atoms with van der Waals surface area (Å²) in [5.74, 6) is 0.123. The number of pyridine rings is 1. The van der Waals surface area contributed by atoms with E-state index in [1.54, 1.807) is 11.1 Å². The smallest absolute Gasteiger partial charge is 0.274 e. The Labute approximate surface area is 196 Å². The van der Waals surface area contributed by atoms with Crippen molar-refractivity contribution < 1.29 is 14.0 Å². The van der Waals surface area contributed by atoms with E-state index in [4.69, 9.17) is 0 Å². The highest BCUT2D eigenvalue weighted by atomic mass is 32.1. The molecule has 33 heavy (non-hydrogen) atoms. The van der Waals surface area contributed by atoms with Crippen molar-refractivity contribution in [2.24, 2.45) is 11.3 Å². The predicted octanol–water partition coefficient (Wildman–Crippen LogP) is 4.78. The van der Waals surface area contributed by atoms with Crippen LogP contribution < -0.4 is 5.32 Å². The molecule has 1 amide bonds. The molecule has 1 fully saturated rings. The predicted molar refractivity (Wildman–Crippen MR) is 127 cm³/mol. The molecule has 1 aliphatic heterocycles. The molecule has 0 saturated carbocycles. The topological polar surface area (TPSA) is 88.1 Å². The van der Waals surface area contributed by atoms with E-state index in [1.165, 1.54) is 17.4 Å². The number of nitrogens with zero attached hydrogens (tertiary/aromatic N) is 4. The fourth-order valence-corrected chi connectivity index (χ4v) is 4.72. The van der Waals surface area contributed by atoms with Gasteiger partial charge in [-0.3, -0.25) is 14.6 Å². The molecule has 7 nitrogen and oxygen atoms in total. The average molecular weight is 470 g/mol. The highest BCUT2D eigenvalue weighted by Gasteiger charge is 2.36. The Morgan fingerprint density at radius 2 is 1.97 bits per heavy atom. The van der Waals surface area contributed by atoms with Crippen LogP contribution in [0, 0.1) is 24.1 Å². The Morgan fingerprint density at radius 3 is 2.64 bits per heavy atom. The van der Waals surface area contributed by atoms with Gasteiger partial charge < -0.3 is 10.2 Å². The second-order valence-corrected chi connectivity index (χ2v) is 11.0. The lowest BCUT2D eigenvalue weighted by Crippen LogP contribution is -2.51. The number of amides is 1. The van der Waals surface area contributed by atoms with Crippen molar-refractivity contribution in [3.05, 3.63) is 46.5 Å². The zero-order valence-electron chi connectivity index (χ0n) is 19.5. The molecule has 1 atom stereocenters. The molecule has 0 spiro atoms. The van der Waals surface area contributed by atoms with E-state index < -0.39 is 5.82 Å². The first-order chi connectivity index (χ1) is 15.5. The number of carbonyl (C=O) groups excluding carboxylic acids is 2. The summed E-state index contributed by atoms with van der Waals surface area (Å²) < 4.78 is 14.3. The normalized spacial score (nSPS) is 15.4. The van der Waals surface area contributed by atoms with Crippen molar-refractivity contribution in [1.29, 1.82) is 0 Å². The Bertz CT molecular complexity index is 1210. The van der Waals surface area contributed by atoms with E-state index in [1.807, 2.05) is 40.7 Å². The minimum Gasteiger partial charge on any atom is -0.348 e. The van der Waals surface area contributed by atoms with E-state index in [-0.39, 0.29) is 29.1 Å². The highest BCUT2D eigenvalue weighted by molar-refractivity contribution is 7.19. The molecule has 4 heterocycles. The van der Waals surface area contributed by atoms with Crippen molar-refractivity contribution in [2.75, 3.05) is 18.4 Å². The van der Waals surface area contributed by atoms with Gasteiger partial charge in [0, 0.05) is 41.9 Å². The summed E-state index contributed by atoms with van der Waals surface area (Å²) in [5, 5.41) is 3.17. The molecule has 3 aromatic heterocycles. The summed E-state index contributed by atoms with van der Waals surface area (Å²) >= 11 is 1.49. The first-order valence-electron chi connectivity index (χ1n) is 11.0. The third-order valence-electron chi connectivity index (χ3n) is 5.82. The summed E-state index contributed by atoms with van der Waals surface area (Å²) in [6, 6.07) is 3.03. The minimum atomic E-state index is -0.417. The van der Waals surface area contributed by atoms with Gasteiger partial charge in [0.15, 0.2) is 5.69 Å². The van der Waals surface area contributed by atoms with Gasteiger partial charge in [0.2, 0.25) is 5.95 Å². The van der Waals surface area contributed by atoms with Crippen molar-refractivity contribution in [2.45, 2.75) is 47.1 Å². The molecule has 0 aliphatic carbocycles. The van der Waals surface area contributed by atoms with Gasteiger partial charge in [0.05, 0.1) is 22.5 Å². The van der Waals surface area contributed by atoms with Crippen molar-refractivity contribution in [3.8, 4) is 0 Å². The van der Waals surface area contributed by atoms with Gasteiger partial charge in [0.25, 0.3) is 5.91 Å². The van der Waals surface area contributed by atoms with Crippen molar-refractivity contribution in [3.63, 3.8) is 0 Å². The monoisotopic (exact) mass is 469 g/mol. The number of likely N-dealkylation sites (tertiary alicyclic amines) is 1. The van der Waals surface area contributed by atoms with E-state index in [0.717, 1.165) is 15.8 Å². The van der Waals surface area contributed by atoms with E-state index in [0.29, 0.717) is 42.2 Å². The van der Waals surface area contributed by atoms with Crippen LogP contribution in [-0.4, -0.2) is 44.6 Å². The van der Waals surface area contributed by atoms with Crippen molar-refractivity contribution >= 4 is 39.2 Å². The lowest BCUT2D eigenvalue weighted by atomic mass is 9.82. The van der Waals surface area contributed by atoms with Crippen LogP contribution in [0.25, 0.3) is 10.2 Å². The third kappa shape index (κ3) is 5.03. The number of Topliss-reactive ketones (excluding diaryl/α,β-unsaturated/α-hetero) is 1. The Morgan fingerprint density at radius 1 is 1.24 bits per heavy atom. The maximum Gasteiger partial charge on any atom is 0.274 e. The molecule has 0 unspecified atom stereocenters. The number of halogens is 1. The first kappa shape index (κ1) is 23.2. The van der Waals surface area contributed by atoms with Gasteiger partial charge in [-0.25, -0.2) is 14.4 Å². The molecule has 1 saturated heterocycles. The Hall–Kier alpha value is -2.94. The number of fused-ring (bicyclic) bond motifs is 1. The van der Waals surface area contributed by atoms with Gasteiger partial charge in [-0.05, 0) is 31.5 Å². The molecular weight excluding hydrogens is 441 g/mol. The summed E-state index contributed by atoms with van der Waals surface area (Å²) in [4.78, 5) is 41.4. The van der Waals surface area contributed by atoms with Gasteiger partial charge >= 0.3 is 0 Å². The van der Waals surface area contributed by atoms with Crippen LogP contribution in [0.4, 0.5) is 10.3 Å². The van der Waals surface area contributed by atoms with Crippen LogP contribution in [0.3, 0.4) is 0 Å². The summed E-state index contributed by atoms with van der Waals surface area (Å²) in [6.45, 7) is 10.7. The number of aryl methyl sites for hydroxylation is 1. The fourth-order valence-electron chi connectivity index (χ4n) is 3.78. The molecular formula is C24H28FN5O2S. The third-order valence-corrected chi connectivity index (χ3v) is 6.87. The second-order valence-electron chi connectivity index (χ2n) is 9.72. The molecule has 1 aliphatic rings. The standard InChI is InChI=1S/C24H28FN5O2S/c1-13-6-18-21(33-13)20(22(32)30-11-15(12-30)7-19(31)24(3,4)5)29-23(28-18)27-14(2)16-8-17(25)10-26-9-16/h6,8-10,14-15H,7,11-12H2,1-5H3,(H,27,28,29)/t14-/m0/s1. The summed E-state index contributed by atoms with van der Waals surface area (Å²) in [5.41, 5.74) is 1.34. The number of ketones is 1. The number of rotatable bonds is 6. The Kier molecular flexibility index (Phi) is 6.18. The minimum absolute atomic E-state index is 0.160. The molecule has 3 aromatic rings. The highest BCUT2D eigenvalue weighted by Crippen LogP contribution is 2.32. The van der Waals surface area contributed by atoms with Gasteiger partial charge in [-0.15, -0.1) is 11.3 Å². The maximum atomic E-state index is 13.6. The maximum absolute atomic E-state index is 13.6. The van der Waals surface area contributed by atoms with Crippen LogP contribution in [0.2, 0.25) is 0 Å². The van der Waals surface area contributed by atoms with E-state index in [2.05, 4.69) is 20.3 Å².